The third-order valence-electron chi connectivity index (χ3n) is 3.22. The Kier molecular flexibility index (Phi) is 5.20. The van der Waals surface area contributed by atoms with Crippen LogP contribution in [0.4, 0.5) is 0 Å². The molecule has 0 aromatic heterocycles. The molecule has 0 saturated heterocycles. The van der Waals surface area contributed by atoms with Crippen LogP contribution < -0.4 is 5.32 Å². The predicted octanol–water partition coefficient (Wildman–Crippen LogP) is 3.13. The Hall–Kier alpha value is -0.570. The summed E-state index contributed by atoms with van der Waals surface area (Å²) in [5.41, 5.74) is -0.0324. The van der Waals surface area contributed by atoms with Crippen molar-refractivity contribution in [2.45, 2.75) is 65.9 Å². The Bertz CT molecular complexity index is 275. The van der Waals surface area contributed by atoms with Crippen LogP contribution in [0.5, 0.6) is 0 Å². The molecule has 0 aromatic carbocycles. The number of nitrogens with one attached hydrogen (secondary N) is 1. The highest BCUT2D eigenvalue weighted by atomic mass is 16.5. The zero-order valence-electron chi connectivity index (χ0n) is 12.6. The lowest BCUT2D eigenvalue weighted by atomic mass is 9.90. The van der Waals surface area contributed by atoms with E-state index in [4.69, 9.17) is 4.74 Å². The average molecular weight is 255 g/mol. The Morgan fingerprint density at radius 2 is 1.83 bits per heavy atom. The van der Waals surface area contributed by atoms with Gasteiger partial charge in [-0.2, -0.15) is 0 Å². The molecule has 1 amide bonds. The minimum atomic E-state index is -0.250. The highest BCUT2D eigenvalue weighted by molar-refractivity contribution is 5.75. The lowest BCUT2D eigenvalue weighted by Crippen LogP contribution is -2.41. The first-order chi connectivity index (χ1) is 8.18. The van der Waals surface area contributed by atoms with Gasteiger partial charge in [0.15, 0.2) is 0 Å². The lowest BCUT2D eigenvalue weighted by molar-refractivity contribution is -0.123. The van der Waals surface area contributed by atoms with Crippen molar-refractivity contribution in [1.82, 2.24) is 5.32 Å². The summed E-state index contributed by atoms with van der Waals surface area (Å²) in [5, 5.41) is 2.98. The van der Waals surface area contributed by atoms with Crippen molar-refractivity contribution in [2.24, 2.45) is 11.3 Å². The van der Waals surface area contributed by atoms with Gasteiger partial charge >= 0.3 is 0 Å². The van der Waals surface area contributed by atoms with Crippen LogP contribution in [0.1, 0.15) is 60.3 Å². The molecule has 0 radical (unpaired) electrons. The number of ether oxygens (including phenoxy) is 1. The fourth-order valence-corrected chi connectivity index (χ4v) is 1.57. The van der Waals surface area contributed by atoms with Gasteiger partial charge in [-0.25, -0.2) is 0 Å². The topological polar surface area (TPSA) is 38.3 Å². The van der Waals surface area contributed by atoms with Crippen LogP contribution in [-0.4, -0.2) is 24.7 Å². The summed E-state index contributed by atoms with van der Waals surface area (Å²) in [6.45, 7) is 12.0. The molecule has 18 heavy (non-hydrogen) atoms. The van der Waals surface area contributed by atoms with E-state index in [2.05, 4.69) is 26.1 Å². The van der Waals surface area contributed by atoms with Crippen LogP contribution >= 0.6 is 0 Å². The zero-order chi connectivity index (χ0) is 13.8. The second kappa shape index (κ2) is 6.05. The molecule has 106 valence electrons. The van der Waals surface area contributed by atoms with Crippen LogP contribution in [0, 0.1) is 11.3 Å². The van der Waals surface area contributed by atoms with Gasteiger partial charge in [0.1, 0.15) is 0 Å². The molecule has 0 aliphatic heterocycles. The number of carbonyl (C=O) groups is 1. The summed E-state index contributed by atoms with van der Waals surface area (Å²) in [5.74, 6) is 0.897. The molecule has 0 aromatic rings. The first kappa shape index (κ1) is 15.5. The van der Waals surface area contributed by atoms with Gasteiger partial charge in [-0.3, -0.25) is 4.79 Å². The molecule has 0 unspecified atom stereocenters. The molecular weight excluding hydrogens is 226 g/mol. The minimum absolute atomic E-state index is 0.132. The highest BCUT2D eigenvalue weighted by Gasteiger charge is 2.26. The Morgan fingerprint density at radius 1 is 1.22 bits per heavy atom. The van der Waals surface area contributed by atoms with E-state index in [1.54, 1.807) is 0 Å². The standard InChI is InChI=1S/C15H29NO2/c1-14(2,3)9-8-13(17)16-11-15(4,5)18-10-12-6-7-12/h12H,6-11H2,1-5H3,(H,16,17). The third-order valence-corrected chi connectivity index (χ3v) is 3.22. The molecule has 0 spiro atoms. The number of rotatable bonds is 7. The molecule has 0 bridgehead atoms. The van der Waals surface area contributed by atoms with E-state index in [9.17, 15) is 4.79 Å². The second-order valence-electron chi connectivity index (χ2n) is 7.35. The van der Waals surface area contributed by atoms with Crippen molar-refractivity contribution in [3.8, 4) is 0 Å². The number of hydrogen-bond donors (Lipinski definition) is 1. The number of carbonyl (C=O) groups excluding carboxylic acids is 1. The Balaban J connectivity index is 2.15. The van der Waals surface area contributed by atoms with E-state index < -0.39 is 0 Å². The van der Waals surface area contributed by atoms with Gasteiger partial charge in [0.2, 0.25) is 5.91 Å². The molecule has 0 heterocycles. The van der Waals surface area contributed by atoms with E-state index in [-0.39, 0.29) is 16.9 Å². The monoisotopic (exact) mass is 255 g/mol. The SMILES string of the molecule is CC(C)(C)CCC(=O)NCC(C)(C)OCC1CC1. The summed E-state index contributed by atoms with van der Waals surface area (Å²) in [6, 6.07) is 0. The van der Waals surface area contributed by atoms with Crippen molar-refractivity contribution in [2.75, 3.05) is 13.2 Å². The molecule has 3 nitrogen and oxygen atoms in total. The molecule has 1 aliphatic rings. The van der Waals surface area contributed by atoms with Gasteiger partial charge in [-0.15, -0.1) is 0 Å². The largest absolute Gasteiger partial charge is 0.373 e. The summed E-state index contributed by atoms with van der Waals surface area (Å²) >= 11 is 0. The van der Waals surface area contributed by atoms with Crippen molar-refractivity contribution in [3.63, 3.8) is 0 Å². The van der Waals surface area contributed by atoms with Gasteiger partial charge in [0.05, 0.1) is 12.2 Å². The third kappa shape index (κ3) is 7.70. The molecule has 1 N–H and O–H groups in total. The van der Waals surface area contributed by atoms with Gasteiger partial charge < -0.3 is 10.1 Å². The Labute approximate surface area is 112 Å². The van der Waals surface area contributed by atoms with E-state index in [1.807, 2.05) is 13.8 Å². The van der Waals surface area contributed by atoms with Crippen molar-refractivity contribution >= 4 is 5.91 Å². The normalized spacial score (nSPS) is 16.7. The van der Waals surface area contributed by atoms with Crippen molar-refractivity contribution in [3.05, 3.63) is 0 Å². The van der Waals surface area contributed by atoms with E-state index in [0.717, 1.165) is 18.9 Å². The predicted molar refractivity (Wildman–Crippen MR) is 74.5 cm³/mol. The molecule has 1 aliphatic carbocycles. The van der Waals surface area contributed by atoms with Gasteiger partial charge in [0, 0.05) is 13.0 Å². The fourth-order valence-electron chi connectivity index (χ4n) is 1.57. The van der Waals surface area contributed by atoms with Crippen LogP contribution in [0.15, 0.2) is 0 Å². The maximum Gasteiger partial charge on any atom is 0.220 e. The molecule has 3 heteroatoms. The summed E-state index contributed by atoms with van der Waals surface area (Å²) in [4.78, 5) is 11.7. The fraction of sp³-hybridized carbons (Fsp3) is 0.933. The van der Waals surface area contributed by atoms with Gasteiger partial charge in [-0.05, 0) is 44.4 Å². The molecule has 0 atom stereocenters. The summed E-state index contributed by atoms with van der Waals surface area (Å²) in [6.07, 6.45) is 4.12. The van der Waals surface area contributed by atoms with E-state index >= 15 is 0 Å². The molecular formula is C15H29NO2. The van der Waals surface area contributed by atoms with E-state index in [0.29, 0.717) is 13.0 Å². The molecule has 1 saturated carbocycles. The lowest BCUT2D eigenvalue weighted by Gasteiger charge is -2.26. The van der Waals surface area contributed by atoms with E-state index in [1.165, 1.54) is 12.8 Å². The Morgan fingerprint density at radius 3 is 2.33 bits per heavy atom. The summed E-state index contributed by atoms with van der Waals surface area (Å²) in [7, 11) is 0. The number of amides is 1. The molecule has 1 rings (SSSR count). The second-order valence-corrected chi connectivity index (χ2v) is 7.35. The van der Waals surface area contributed by atoms with Crippen LogP contribution in [0.25, 0.3) is 0 Å². The quantitative estimate of drug-likeness (QED) is 0.759. The number of hydrogen-bond acceptors (Lipinski definition) is 2. The highest BCUT2D eigenvalue weighted by Crippen LogP contribution is 2.30. The van der Waals surface area contributed by atoms with Gasteiger partial charge in [-0.1, -0.05) is 20.8 Å². The maximum absolute atomic E-state index is 11.7. The van der Waals surface area contributed by atoms with Crippen molar-refractivity contribution in [1.29, 1.82) is 0 Å². The summed E-state index contributed by atoms with van der Waals surface area (Å²) < 4.78 is 5.83. The van der Waals surface area contributed by atoms with Crippen LogP contribution in [-0.2, 0) is 9.53 Å². The average Bonchev–Trinajstić information content (AvgIpc) is 3.04. The maximum atomic E-state index is 11.7. The minimum Gasteiger partial charge on any atom is -0.373 e. The first-order valence-corrected chi connectivity index (χ1v) is 7.09. The zero-order valence-corrected chi connectivity index (χ0v) is 12.6. The van der Waals surface area contributed by atoms with Gasteiger partial charge in [0.25, 0.3) is 0 Å². The molecule has 1 fully saturated rings. The van der Waals surface area contributed by atoms with Crippen LogP contribution in [0.2, 0.25) is 0 Å². The first-order valence-electron chi connectivity index (χ1n) is 7.09. The van der Waals surface area contributed by atoms with Crippen molar-refractivity contribution < 1.29 is 9.53 Å². The van der Waals surface area contributed by atoms with Crippen LogP contribution in [0.3, 0.4) is 0 Å². The smallest absolute Gasteiger partial charge is 0.220 e.